The molecule has 4 rings (SSSR count). The van der Waals surface area contributed by atoms with Gasteiger partial charge in [-0.3, -0.25) is 19.2 Å². The minimum atomic E-state index is -0.704. The van der Waals surface area contributed by atoms with Crippen LogP contribution in [-0.2, 0) is 9.59 Å². The van der Waals surface area contributed by atoms with Gasteiger partial charge < -0.3 is 20.1 Å². The van der Waals surface area contributed by atoms with Crippen molar-refractivity contribution >= 4 is 52.2 Å². The molecular weight excluding hydrogens is 498 g/mol. The molecule has 0 saturated heterocycles. The van der Waals surface area contributed by atoms with E-state index >= 15 is 0 Å². The molecule has 3 amide bonds. The van der Waals surface area contributed by atoms with E-state index < -0.39 is 11.8 Å². The van der Waals surface area contributed by atoms with Gasteiger partial charge in [0, 0.05) is 28.6 Å². The Hall–Kier alpha value is -4.63. The summed E-state index contributed by atoms with van der Waals surface area (Å²) in [5.41, 5.74) is 2.01. The van der Waals surface area contributed by atoms with E-state index in [9.17, 15) is 19.2 Å². The van der Waals surface area contributed by atoms with E-state index in [-0.39, 0.29) is 33.9 Å². The summed E-state index contributed by atoms with van der Waals surface area (Å²) in [6.45, 7) is 1.47. The van der Waals surface area contributed by atoms with Gasteiger partial charge in [0.05, 0.1) is 19.9 Å². The number of imide groups is 1. The number of hydrogen-bond acceptors (Lipinski definition) is 7. The number of anilines is 3. The molecule has 37 heavy (non-hydrogen) atoms. The summed E-state index contributed by atoms with van der Waals surface area (Å²) < 4.78 is 10.5. The van der Waals surface area contributed by atoms with Crippen LogP contribution < -0.4 is 25.0 Å². The summed E-state index contributed by atoms with van der Waals surface area (Å²) in [7, 11) is 2.90. The zero-order valence-electron chi connectivity index (χ0n) is 20.1. The minimum absolute atomic E-state index is 0.0649. The van der Waals surface area contributed by atoms with E-state index in [0.29, 0.717) is 28.3 Å². The monoisotopic (exact) mass is 519 g/mol. The number of methoxy groups -OCH3 is 2. The number of ketones is 1. The third-order valence-corrected chi connectivity index (χ3v) is 5.97. The Morgan fingerprint density at radius 1 is 0.811 bits per heavy atom. The number of nitrogens with one attached hydrogen (secondary N) is 2. The van der Waals surface area contributed by atoms with Crippen molar-refractivity contribution in [3.05, 3.63) is 88.6 Å². The van der Waals surface area contributed by atoms with Crippen LogP contribution in [0, 0.1) is 0 Å². The first-order valence-corrected chi connectivity index (χ1v) is 11.4. The van der Waals surface area contributed by atoms with Gasteiger partial charge in [-0.05, 0) is 67.6 Å². The molecule has 1 aliphatic heterocycles. The van der Waals surface area contributed by atoms with Crippen LogP contribution in [0.25, 0.3) is 0 Å². The van der Waals surface area contributed by atoms with Crippen LogP contribution in [0.1, 0.15) is 27.6 Å². The Balaban J connectivity index is 1.48. The lowest BCUT2D eigenvalue weighted by Gasteiger charge is -2.18. The Morgan fingerprint density at radius 3 is 2.03 bits per heavy atom. The van der Waals surface area contributed by atoms with E-state index in [4.69, 9.17) is 21.1 Å². The SMILES string of the molecule is COc1ccc(N2C(=O)C(Cl)=C(Nc3ccc(C(=O)Nc4ccc(C(C)=O)cc4)cc3)C2=O)c(OC)c1. The molecule has 1 aliphatic rings. The molecule has 0 aromatic heterocycles. The first kappa shape index (κ1) is 25.5. The zero-order valence-corrected chi connectivity index (χ0v) is 20.9. The van der Waals surface area contributed by atoms with Crippen molar-refractivity contribution in [1.29, 1.82) is 0 Å². The van der Waals surface area contributed by atoms with Crippen LogP contribution in [0.15, 0.2) is 77.5 Å². The average Bonchev–Trinajstić information content (AvgIpc) is 3.11. The predicted molar refractivity (Wildman–Crippen MR) is 139 cm³/mol. The molecule has 0 bridgehead atoms. The highest BCUT2D eigenvalue weighted by Gasteiger charge is 2.40. The molecular formula is C27H22ClN3O6. The maximum absolute atomic E-state index is 13.1. The number of Topliss-reactive ketones (excluding diaryl/α,β-unsaturated/α-hetero) is 1. The summed E-state index contributed by atoms with van der Waals surface area (Å²) in [6, 6.07) is 17.5. The molecule has 2 N–H and O–H groups in total. The molecule has 9 nitrogen and oxygen atoms in total. The molecule has 188 valence electrons. The molecule has 0 aliphatic carbocycles. The highest BCUT2D eigenvalue weighted by Crippen LogP contribution is 2.37. The third-order valence-electron chi connectivity index (χ3n) is 5.62. The second-order valence-electron chi connectivity index (χ2n) is 7.96. The number of amides is 3. The van der Waals surface area contributed by atoms with Crippen LogP contribution >= 0.6 is 11.6 Å². The summed E-state index contributed by atoms with van der Waals surface area (Å²) in [6.07, 6.45) is 0. The van der Waals surface area contributed by atoms with E-state index in [2.05, 4.69) is 10.6 Å². The van der Waals surface area contributed by atoms with E-state index in [0.717, 1.165) is 4.90 Å². The van der Waals surface area contributed by atoms with Crippen molar-refractivity contribution in [2.24, 2.45) is 0 Å². The van der Waals surface area contributed by atoms with Gasteiger partial charge in [-0.25, -0.2) is 4.90 Å². The molecule has 3 aromatic carbocycles. The second kappa shape index (κ2) is 10.5. The van der Waals surface area contributed by atoms with Gasteiger partial charge in [-0.1, -0.05) is 11.6 Å². The third kappa shape index (κ3) is 5.17. The topological polar surface area (TPSA) is 114 Å². The van der Waals surface area contributed by atoms with Crippen LogP contribution in [0.2, 0.25) is 0 Å². The van der Waals surface area contributed by atoms with E-state index in [1.165, 1.54) is 27.2 Å². The number of rotatable bonds is 8. The smallest absolute Gasteiger partial charge is 0.283 e. The molecule has 0 saturated carbocycles. The Bertz CT molecular complexity index is 1430. The Kier molecular flexibility index (Phi) is 7.26. The summed E-state index contributed by atoms with van der Waals surface area (Å²) in [5.74, 6) is -1.03. The standard InChI is InChI=1S/C27H22ClN3O6/c1-15(32)16-4-8-19(9-5-16)30-25(33)17-6-10-18(11-7-17)29-24-23(28)26(34)31(27(24)35)21-13-12-20(36-2)14-22(21)37-3/h4-14,29H,1-3H3,(H,30,33). The molecule has 0 radical (unpaired) electrons. The number of nitrogens with zero attached hydrogens (tertiary/aromatic N) is 1. The number of benzene rings is 3. The van der Waals surface area contributed by atoms with Gasteiger partial charge in [0.15, 0.2) is 5.78 Å². The fourth-order valence-electron chi connectivity index (χ4n) is 3.64. The van der Waals surface area contributed by atoms with Crippen molar-refractivity contribution in [1.82, 2.24) is 0 Å². The van der Waals surface area contributed by atoms with Gasteiger partial charge in [0.1, 0.15) is 22.2 Å². The second-order valence-corrected chi connectivity index (χ2v) is 8.34. The minimum Gasteiger partial charge on any atom is -0.497 e. The molecule has 0 unspecified atom stereocenters. The van der Waals surface area contributed by atoms with Crippen molar-refractivity contribution in [2.75, 3.05) is 29.8 Å². The number of ether oxygens (including phenoxy) is 2. The number of carbonyl (C=O) groups is 4. The van der Waals surface area contributed by atoms with E-state index in [1.807, 2.05) is 0 Å². The molecule has 0 atom stereocenters. The molecule has 0 fully saturated rings. The quantitative estimate of drug-likeness (QED) is 0.330. The highest BCUT2D eigenvalue weighted by atomic mass is 35.5. The van der Waals surface area contributed by atoms with Crippen molar-refractivity contribution in [3.8, 4) is 11.5 Å². The van der Waals surface area contributed by atoms with Crippen molar-refractivity contribution < 1.29 is 28.7 Å². The van der Waals surface area contributed by atoms with Crippen molar-refractivity contribution in [3.63, 3.8) is 0 Å². The van der Waals surface area contributed by atoms with Gasteiger partial charge in [-0.15, -0.1) is 0 Å². The van der Waals surface area contributed by atoms with Crippen LogP contribution in [0.3, 0.4) is 0 Å². The summed E-state index contributed by atoms with van der Waals surface area (Å²) in [5, 5.41) is 5.34. The molecule has 3 aromatic rings. The Labute approximate surface area is 217 Å². The molecule has 0 spiro atoms. The Morgan fingerprint density at radius 2 is 1.43 bits per heavy atom. The summed E-state index contributed by atoms with van der Waals surface area (Å²) in [4.78, 5) is 50.9. The first-order valence-electron chi connectivity index (χ1n) is 11.0. The number of hydrogen-bond donors (Lipinski definition) is 2. The fraction of sp³-hybridized carbons (Fsp3) is 0.111. The first-order chi connectivity index (χ1) is 17.7. The normalized spacial score (nSPS) is 13.0. The van der Waals surface area contributed by atoms with Gasteiger partial charge in [0.2, 0.25) is 0 Å². The lowest BCUT2D eigenvalue weighted by Crippen LogP contribution is -2.32. The van der Waals surface area contributed by atoms with Gasteiger partial charge in [0.25, 0.3) is 17.7 Å². The number of carbonyl (C=O) groups excluding carboxylic acids is 4. The van der Waals surface area contributed by atoms with Gasteiger partial charge in [-0.2, -0.15) is 0 Å². The largest absolute Gasteiger partial charge is 0.497 e. The molecule has 10 heteroatoms. The van der Waals surface area contributed by atoms with Gasteiger partial charge >= 0.3 is 0 Å². The molecule has 1 heterocycles. The number of halogens is 1. The maximum Gasteiger partial charge on any atom is 0.283 e. The average molecular weight is 520 g/mol. The predicted octanol–water partition coefficient (Wildman–Crippen LogP) is 4.59. The van der Waals surface area contributed by atoms with Crippen molar-refractivity contribution in [2.45, 2.75) is 6.92 Å². The van der Waals surface area contributed by atoms with Crippen LogP contribution in [0.4, 0.5) is 17.1 Å². The fourth-order valence-corrected chi connectivity index (χ4v) is 3.85. The lowest BCUT2D eigenvalue weighted by atomic mass is 10.1. The summed E-state index contributed by atoms with van der Waals surface area (Å²) >= 11 is 6.23. The van der Waals surface area contributed by atoms with E-state index in [1.54, 1.807) is 60.7 Å². The van der Waals surface area contributed by atoms with Crippen LogP contribution in [-0.4, -0.2) is 37.7 Å². The lowest BCUT2D eigenvalue weighted by molar-refractivity contribution is -0.120. The van der Waals surface area contributed by atoms with Crippen LogP contribution in [0.5, 0.6) is 11.5 Å². The zero-order chi connectivity index (χ0) is 26.7. The maximum atomic E-state index is 13.1. The highest BCUT2D eigenvalue weighted by molar-refractivity contribution is 6.53.